The fourth-order valence-electron chi connectivity index (χ4n) is 6.73. The third-order valence-corrected chi connectivity index (χ3v) is 8.55. The molecule has 2 N–H and O–H groups in total. The number of para-hydroxylation sites is 1. The Hall–Kier alpha value is -3.07. The van der Waals surface area contributed by atoms with Gasteiger partial charge in [0.15, 0.2) is 0 Å². The number of nitrogens with zero attached hydrogens (tertiary/aromatic N) is 3. The number of hydrogen-bond donors (Lipinski definition) is 2. The van der Waals surface area contributed by atoms with Gasteiger partial charge in [0.1, 0.15) is 5.75 Å². The number of carbonyl (C=O) groups excluding carboxylic acids is 1. The molecule has 3 aliphatic heterocycles. The monoisotopic (exact) mass is 504 g/mol. The quantitative estimate of drug-likeness (QED) is 0.553. The number of methoxy groups -OCH3 is 1. The first kappa shape index (κ1) is 24.3. The van der Waals surface area contributed by atoms with Crippen LogP contribution in [0.3, 0.4) is 0 Å². The maximum absolute atomic E-state index is 13.1. The Morgan fingerprint density at radius 1 is 1.14 bits per heavy atom. The van der Waals surface area contributed by atoms with E-state index in [1.807, 2.05) is 41.3 Å². The van der Waals surface area contributed by atoms with Gasteiger partial charge in [0.25, 0.3) is 0 Å². The van der Waals surface area contributed by atoms with E-state index in [0.717, 1.165) is 61.8 Å². The van der Waals surface area contributed by atoms with E-state index in [1.165, 1.54) is 10.9 Å². The number of hydrogen-bond acceptors (Lipinski definition) is 5. The lowest BCUT2D eigenvalue weighted by Crippen LogP contribution is -2.68. The van der Waals surface area contributed by atoms with Crippen LogP contribution in [0.15, 0.2) is 48.5 Å². The lowest BCUT2D eigenvalue weighted by atomic mass is 9.68. The molecule has 3 aromatic rings. The number of aliphatic hydroxyl groups excluding tert-OH is 1. The molecule has 1 aromatic heterocycles. The van der Waals surface area contributed by atoms with Crippen molar-refractivity contribution < 1.29 is 19.4 Å². The van der Waals surface area contributed by atoms with Crippen molar-refractivity contribution in [3.8, 4) is 5.75 Å². The van der Waals surface area contributed by atoms with Crippen molar-refractivity contribution in [2.75, 3.05) is 58.4 Å². The molecule has 3 aliphatic rings. The van der Waals surface area contributed by atoms with Crippen molar-refractivity contribution in [2.45, 2.75) is 24.3 Å². The predicted molar refractivity (Wildman–Crippen MR) is 143 cm³/mol. The smallest absolute Gasteiger partial charge is 0.321 e. The second-order valence-electron chi connectivity index (χ2n) is 10.8. The number of benzene rings is 2. The maximum Gasteiger partial charge on any atom is 0.321 e. The summed E-state index contributed by atoms with van der Waals surface area (Å²) in [6.07, 6.45) is 2.10. The van der Waals surface area contributed by atoms with Crippen LogP contribution >= 0.6 is 0 Å². The minimum absolute atomic E-state index is 0.0613. The number of likely N-dealkylation sites (tertiary alicyclic amines) is 1. The number of urea groups is 1. The molecule has 0 aliphatic carbocycles. The second-order valence-corrected chi connectivity index (χ2v) is 10.8. The summed E-state index contributed by atoms with van der Waals surface area (Å²) < 4.78 is 13.4. The molecular weight excluding hydrogens is 468 g/mol. The van der Waals surface area contributed by atoms with Gasteiger partial charge in [-0.2, -0.15) is 0 Å². The Morgan fingerprint density at radius 2 is 1.89 bits per heavy atom. The number of nitrogens with one attached hydrogen (secondary N) is 1. The highest BCUT2D eigenvalue weighted by molar-refractivity contribution is 5.92. The van der Waals surface area contributed by atoms with Crippen LogP contribution in [0, 0.1) is 5.92 Å². The van der Waals surface area contributed by atoms with Gasteiger partial charge in [0.05, 0.1) is 25.3 Å². The summed E-state index contributed by atoms with van der Waals surface area (Å²) in [5.74, 6) is 1.37. The number of carbonyl (C=O) groups is 1. The van der Waals surface area contributed by atoms with E-state index >= 15 is 0 Å². The molecule has 0 radical (unpaired) electrons. The fraction of sp³-hybridized carbons (Fsp3) is 0.483. The Balaban J connectivity index is 1.37. The van der Waals surface area contributed by atoms with Crippen LogP contribution in [-0.2, 0) is 17.2 Å². The molecule has 1 spiro atoms. The van der Waals surface area contributed by atoms with E-state index in [4.69, 9.17) is 9.47 Å². The van der Waals surface area contributed by atoms with Crippen LogP contribution < -0.4 is 10.1 Å². The SMILES string of the molecule is COc1ccc2c3c(n(C)c2c1)[C@@H](CO)N(CC1CCOCC1)CC31CN(C(=O)Nc2ccccc2)C1. The molecule has 4 heterocycles. The summed E-state index contributed by atoms with van der Waals surface area (Å²) in [7, 11) is 3.78. The first-order chi connectivity index (χ1) is 18.0. The average molecular weight is 505 g/mol. The van der Waals surface area contributed by atoms with Gasteiger partial charge in [-0.25, -0.2) is 4.79 Å². The molecule has 0 bridgehead atoms. The van der Waals surface area contributed by atoms with E-state index in [0.29, 0.717) is 19.0 Å². The number of amides is 2. The van der Waals surface area contributed by atoms with E-state index in [-0.39, 0.29) is 24.1 Å². The number of aromatic nitrogens is 1. The zero-order chi connectivity index (χ0) is 25.6. The number of fused-ring (bicyclic) bond motifs is 4. The summed E-state index contributed by atoms with van der Waals surface area (Å²) >= 11 is 0. The molecule has 0 unspecified atom stereocenters. The number of rotatable bonds is 5. The van der Waals surface area contributed by atoms with Crippen molar-refractivity contribution in [3.05, 3.63) is 59.8 Å². The first-order valence-corrected chi connectivity index (χ1v) is 13.2. The summed E-state index contributed by atoms with van der Waals surface area (Å²) in [6.45, 7) is 4.71. The molecule has 2 fully saturated rings. The Labute approximate surface area is 217 Å². The van der Waals surface area contributed by atoms with Crippen molar-refractivity contribution in [2.24, 2.45) is 13.0 Å². The molecule has 8 heteroatoms. The van der Waals surface area contributed by atoms with Gasteiger partial charge in [-0.3, -0.25) is 4.90 Å². The van der Waals surface area contributed by atoms with E-state index < -0.39 is 0 Å². The van der Waals surface area contributed by atoms with E-state index in [9.17, 15) is 9.90 Å². The molecular formula is C29H36N4O4. The number of aryl methyl sites for hydroxylation is 1. The molecule has 1 atom stereocenters. The van der Waals surface area contributed by atoms with Crippen LogP contribution in [-0.4, -0.2) is 78.6 Å². The van der Waals surface area contributed by atoms with Gasteiger partial charge in [-0.15, -0.1) is 0 Å². The average Bonchev–Trinajstić information content (AvgIpc) is 3.20. The van der Waals surface area contributed by atoms with Crippen LogP contribution in [0.1, 0.15) is 30.1 Å². The largest absolute Gasteiger partial charge is 0.497 e. The molecule has 2 saturated heterocycles. The van der Waals surface area contributed by atoms with Gasteiger partial charge < -0.3 is 29.4 Å². The third kappa shape index (κ3) is 4.17. The Bertz CT molecular complexity index is 1280. The minimum atomic E-state index is -0.186. The molecule has 37 heavy (non-hydrogen) atoms. The summed E-state index contributed by atoms with van der Waals surface area (Å²) in [6, 6.07) is 15.7. The van der Waals surface area contributed by atoms with Crippen LogP contribution in [0.4, 0.5) is 10.5 Å². The van der Waals surface area contributed by atoms with Gasteiger partial charge in [0.2, 0.25) is 0 Å². The van der Waals surface area contributed by atoms with Crippen molar-refractivity contribution in [1.82, 2.24) is 14.4 Å². The molecule has 196 valence electrons. The summed E-state index contributed by atoms with van der Waals surface area (Å²) in [4.78, 5) is 17.5. The maximum atomic E-state index is 13.1. The lowest BCUT2D eigenvalue weighted by molar-refractivity contribution is -0.00784. The van der Waals surface area contributed by atoms with E-state index in [2.05, 4.69) is 34.0 Å². The van der Waals surface area contributed by atoms with Gasteiger partial charge in [0, 0.05) is 74.7 Å². The Kier molecular flexibility index (Phi) is 6.34. The van der Waals surface area contributed by atoms with Crippen LogP contribution in [0.25, 0.3) is 10.9 Å². The predicted octanol–water partition coefficient (Wildman–Crippen LogP) is 3.75. The summed E-state index contributed by atoms with van der Waals surface area (Å²) in [5, 5.41) is 14.9. The molecule has 2 amide bonds. The highest BCUT2D eigenvalue weighted by atomic mass is 16.5. The third-order valence-electron chi connectivity index (χ3n) is 8.55. The van der Waals surface area contributed by atoms with Crippen molar-refractivity contribution in [3.63, 3.8) is 0 Å². The zero-order valence-electron chi connectivity index (χ0n) is 21.7. The number of anilines is 1. The molecule has 8 nitrogen and oxygen atoms in total. The van der Waals surface area contributed by atoms with Crippen LogP contribution in [0.5, 0.6) is 5.75 Å². The van der Waals surface area contributed by atoms with Gasteiger partial charge in [-0.05, 0) is 48.6 Å². The first-order valence-electron chi connectivity index (χ1n) is 13.2. The summed E-state index contributed by atoms with van der Waals surface area (Å²) in [5.41, 5.74) is 4.15. The number of ether oxygens (including phenoxy) is 2. The molecule has 6 rings (SSSR count). The normalized spacial score (nSPS) is 21.6. The highest BCUT2D eigenvalue weighted by Crippen LogP contribution is 2.50. The Morgan fingerprint density at radius 3 is 2.59 bits per heavy atom. The van der Waals surface area contributed by atoms with E-state index in [1.54, 1.807) is 7.11 Å². The molecule has 2 aromatic carbocycles. The van der Waals surface area contributed by atoms with Gasteiger partial charge >= 0.3 is 6.03 Å². The fourth-order valence-corrected chi connectivity index (χ4v) is 6.73. The topological polar surface area (TPSA) is 79.2 Å². The highest BCUT2D eigenvalue weighted by Gasteiger charge is 2.54. The molecule has 0 saturated carbocycles. The van der Waals surface area contributed by atoms with Crippen molar-refractivity contribution >= 4 is 22.6 Å². The second kappa shape index (κ2) is 9.67. The van der Waals surface area contributed by atoms with Crippen molar-refractivity contribution in [1.29, 1.82) is 0 Å². The minimum Gasteiger partial charge on any atom is -0.497 e. The van der Waals surface area contributed by atoms with Gasteiger partial charge in [-0.1, -0.05) is 18.2 Å². The van der Waals surface area contributed by atoms with Crippen LogP contribution in [0.2, 0.25) is 0 Å². The standard InChI is InChI=1S/C29H36N4O4/c1-31-24-14-22(36-2)8-9-23(24)26-27(31)25(16-34)32(15-20-10-12-37-13-11-20)17-29(26)18-33(19-29)28(35)30-21-6-4-3-5-7-21/h3-9,14,20,25,34H,10-13,15-19H2,1-2H3,(H,30,35)/t25-/m1/s1. The lowest BCUT2D eigenvalue weighted by Gasteiger charge is -2.56. The number of aliphatic hydroxyl groups is 1. The zero-order valence-corrected chi connectivity index (χ0v) is 21.7.